The first-order valence-electron chi connectivity index (χ1n) is 10.3. The molecular formula is C24H19F2N9. The summed E-state index contributed by atoms with van der Waals surface area (Å²) in [5, 5.41) is 12.9. The second-order valence-electron chi connectivity index (χ2n) is 7.21. The van der Waals surface area contributed by atoms with Gasteiger partial charge in [-0.05, 0) is 25.1 Å². The van der Waals surface area contributed by atoms with Crippen LogP contribution in [0.2, 0.25) is 0 Å². The van der Waals surface area contributed by atoms with Crippen LogP contribution in [0.3, 0.4) is 0 Å². The SMILES string of the molecule is C#C/C=C(F)\C(=C/C)Cn1nc(-c2nc(N)c(N=Nc3ccccc3)c(N)n2)c2cc(F)cnc21. The van der Waals surface area contributed by atoms with Gasteiger partial charge in [-0.15, -0.1) is 11.5 Å². The highest BCUT2D eigenvalue weighted by Crippen LogP contribution is 2.33. The predicted octanol–water partition coefficient (Wildman–Crippen LogP) is 5.04. The third-order valence-corrected chi connectivity index (χ3v) is 4.91. The number of hydrogen-bond donors (Lipinski definition) is 2. The summed E-state index contributed by atoms with van der Waals surface area (Å²) >= 11 is 0. The number of rotatable bonds is 6. The molecular weight excluding hydrogens is 452 g/mol. The Morgan fingerprint density at radius 1 is 1.17 bits per heavy atom. The molecule has 0 atom stereocenters. The summed E-state index contributed by atoms with van der Waals surface area (Å²) in [6.45, 7) is 1.64. The number of azo groups is 1. The number of benzene rings is 1. The maximum atomic E-state index is 14.3. The van der Waals surface area contributed by atoms with Gasteiger partial charge in [-0.1, -0.05) is 30.2 Å². The molecule has 4 aromatic rings. The lowest BCUT2D eigenvalue weighted by Crippen LogP contribution is -2.06. The lowest BCUT2D eigenvalue weighted by Gasteiger charge is -2.06. The molecule has 0 bridgehead atoms. The number of anilines is 2. The average molecular weight is 471 g/mol. The molecule has 0 unspecified atom stereocenters. The Morgan fingerprint density at radius 3 is 2.54 bits per heavy atom. The van der Waals surface area contributed by atoms with Crippen LogP contribution < -0.4 is 11.5 Å². The van der Waals surface area contributed by atoms with E-state index in [0.717, 1.165) is 12.3 Å². The molecule has 0 spiro atoms. The number of halogens is 2. The van der Waals surface area contributed by atoms with Crippen LogP contribution in [0.5, 0.6) is 0 Å². The molecule has 0 saturated carbocycles. The Hall–Kier alpha value is -4.98. The van der Waals surface area contributed by atoms with Gasteiger partial charge < -0.3 is 11.5 Å². The van der Waals surface area contributed by atoms with Crippen molar-refractivity contribution in [2.24, 2.45) is 10.2 Å². The summed E-state index contributed by atoms with van der Waals surface area (Å²) in [6.07, 6.45) is 8.76. The van der Waals surface area contributed by atoms with Gasteiger partial charge in [0.1, 0.15) is 17.3 Å². The molecule has 0 fully saturated rings. The zero-order chi connectivity index (χ0) is 24.9. The number of hydrogen-bond acceptors (Lipinski definition) is 8. The summed E-state index contributed by atoms with van der Waals surface area (Å²) in [5.74, 6) is 0.883. The molecule has 0 amide bonds. The van der Waals surface area contributed by atoms with Gasteiger partial charge in [-0.25, -0.2) is 28.4 Å². The Balaban J connectivity index is 1.79. The van der Waals surface area contributed by atoms with Gasteiger partial charge in [0, 0.05) is 11.6 Å². The van der Waals surface area contributed by atoms with Crippen molar-refractivity contribution < 1.29 is 8.78 Å². The first-order valence-corrected chi connectivity index (χ1v) is 10.3. The summed E-state index contributed by atoms with van der Waals surface area (Å²) in [4.78, 5) is 12.6. The Bertz CT molecular complexity index is 1510. The van der Waals surface area contributed by atoms with E-state index < -0.39 is 11.6 Å². The van der Waals surface area contributed by atoms with Crippen molar-refractivity contribution >= 4 is 34.0 Å². The number of allylic oxidation sites excluding steroid dienone is 4. The van der Waals surface area contributed by atoms with Crippen LogP contribution in [0.4, 0.5) is 31.8 Å². The van der Waals surface area contributed by atoms with E-state index in [0.29, 0.717) is 11.1 Å². The van der Waals surface area contributed by atoms with E-state index in [1.54, 1.807) is 25.1 Å². The maximum absolute atomic E-state index is 14.3. The van der Waals surface area contributed by atoms with Gasteiger partial charge in [0.25, 0.3) is 0 Å². The minimum absolute atomic E-state index is 0.0238. The first kappa shape index (κ1) is 23.2. The van der Waals surface area contributed by atoms with Crippen LogP contribution in [0.1, 0.15) is 6.92 Å². The second-order valence-corrected chi connectivity index (χ2v) is 7.21. The van der Waals surface area contributed by atoms with E-state index in [-0.39, 0.29) is 46.6 Å². The summed E-state index contributed by atoms with van der Waals surface area (Å²) < 4.78 is 29.8. The Labute approximate surface area is 198 Å². The third kappa shape index (κ3) is 4.86. The lowest BCUT2D eigenvalue weighted by atomic mass is 10.2. The van der Waals surface area contributed by atoms with E-state index in [2.05, 4.69) is 36.2 Å². The molecule has 11 heteroatoms. The molecule has 1 aromatic carbocycles. The number of aromatic nitrogens is 5. The summed E-state index contributed by atoms with van der Waals surface area (Å²) in [5.41, 5.74) is 13.6. The zero-order valence-corrected chi connectivity index (χ0v) is 18.5. The van der Waals surface area contributed by atoms with Crippen LogP contribution in [-0.2, 0) is 6.54 Å². The minimum Gasteiger partial charge on any atom is -0.382 e. The van der Waals surface area contributed by atoms with Gasteiger partial charge in [0.05, 0.1) is 23.8 Å². The fourth-order valence-corrected chi connectivity index (χ4v) is 3.24. The molecule has 0 aliphatic carbocycles. The number of pyridine rings is 1. The minimum atomic E-state index is -0.600. The molecule has 0 aliphatic rings. The fraction of sp³-hybridized carbons (Fsp3) is 0.0833. The molecule has 3 aromatic heterocycles. The topological polar surface area (TPSA) is 133 Å². The highest BCUT2D eigenvalue weighted by atomic mass is 19.1. The molecule has 0 radical (unpaired) electrons. The van der Waals surface area contributed by atoms with E-state index in [1.165, 1.54) is 10.7 Å². The number of terminal acetylenes is 1. The van der Waals surface area contributed by atoms with Gasteiger partial charge >= 0.3 is 0 Å². The molecule has 4 rings (SSSR count). The normalized spacial score (nSPS) is 12.4. The fourth-order valence-electron chi connectivity index (χ4n) is 3.24. The smallest absolute Gasteiger partial charge is 0.184 e. The van der Waals surface area contributed by atoms with Gasteiger partial charge in [-0.3, -0.25) is 0 Å². The van der Waals surface area contributed by atoms with Crippen LogP contribution in [0.25, 0.3) is 22.6 Å². The number of fused-ring (bicyclic) bond motifs is 1. The van der Waals surface area contributed by atoms with Crippen LogP contribution in [-0.4, -0.2) is 24.7 Å². The predicted molar refractivity (Wildman–Crippen MR) is 130 cm³/mol. The van der Waals surface area contributed by atoms with Crippen LogP contribution in [0, 0.1) is 18.2 Å². The second kappa shape index (κ2) is 9.88. The van der Waals surface area contributed by atoms with Crippen molar-refractivity contribution in [3.63, 3.8) is 0 Å². The Morgan fingerprint density at radius 2 is 1.89 bits per heavy atom. The van der Waals surface area contributed by atoms with Crippen LogP contribution in [0.15, 0.2) is 76.4 Å². The molecule has 35 heavy (non-hydrogen) atoms. The maximum Gasteiger partial charge on any atom is 0.184 e. The summed E-state index contributed by atoms with van der Waals surface area (Å²) in [6, 6.07) is 10.2. The van der Waals surface area contributed by atoms with E-state index in [4.69, 9.17) is 17.9 Å². The highest BCUT2D eigenvalue weighted by Gasteiger charge is 2.20. The largest absolute Gasteiger partial charge is 0.382 e. The monoisotopic (exact) mass is 471 g/mol. The molecule has 174 valence electrons. The van der Waals surface area contributed by atoms with Gasteiger partial charge in [0.15, 0.2) is 28.8 Å². The molecule has 3 heterocycles. The van der Waals surface area contributed by atoms with Crippen molar-refractivity contribution in [1.29, 1.82) is 0 Å². The van der Waals surface area contributed by atoms with Crippen molar-refractivity contribution in [3.8, 4) is 23.9 Å². The van der Waals surface area contributed by atoms with E-state index in [9.17, 15) is 8.78 Å². The van der Waals surface area contributed by atoms with E-state index in [1.807, 2.05) is 18.2 Å². The average Bonchev–Trinajstić information content (AvgIpc) is 3.20. The molecule has 0 saturated heterocycles. The number of nitrogen functional groups attached to an aromatic ring is 2. The van der Waals surface area contributed by atoms with Crippen molar-refractivity contribution in [2.75, 3.05) is 11.5 Å². The lowest BCUT2D eigenvalue weighted by molar-refractivity contribution is 0.605. The van der Waals surface area contributed by atoms with Crippen molar-refractivity contribution in [1.82, 2.24) is 24.7 Å². The highest BCUT2D eigenvalue weighted by molar-refractivity contribution is 5.90. The van der Waals surface area contributed by atoms with Gasteiger partial charge in [-0.2, -0.15) is 10.2 Å². The van der Waals surface area contributed by atoms with Crippen molar-refractivity contribution in [2.45, 2.75) is 13.5 Å². The van der Waals surface area contributed by atoms with Gasteiger partial charge in [0.2, 0.25) is 0 Å². The number of nitrogens with two attached hydrogens (primary N) is 2. The Kier molecular flexibility index (Phi) is 6.55. The molecule has 0 aliphatic heterocycles. The first-order chi connectivity index (χ1) is 16.9. The zero-order valence-electron chi connectivity index (χ0n) is 18.5. The number of nitrogens with zero attached hydrogens (tertiary/aromatic N) is 7. The quantitative estimate of drug-likeness (QED) is 0.230. The van der Waals surface area contributed by atoms with Crippen LogP contribution >= 0.6 is 0 Å². The van der Waals surface area contributed by atoms with E-state index >= 15 is 0 Å². The van der Waals surface area contributed by atoms with Crippen molar-refractivity contribution in [3.05, 3.63) is 72.0 Å². The third-order valence-electron chi connectivity index (χ3n) is 4.91. The standard InChI is InChI=1S/C24H19F2N9/c1-3-8-18(26)14(4-2)13-35-24-17(11-15(25)12-29-24)19(34-35)23-30-21(27)20(22(28)31-23)33-32-16-9-6-5-7-10-16/h1,4-12H,13H2,2H3,(H4,27,28,30,31)/b14-4-,18-8+,33-32?. The molecule has 9 nitrogen and oxygen atoms in total. The molecule has 4 N–H and O–H groups in total. The summed E-state index contributed by atoms with van der Waals surface area (Å²) in [7, 11) is 0.